The summed E-state index contributed by atoms with van der Waals surface area (Å²) < 4.78 is 3.07. The lowest BCUT2D eigenvalue weighted by Gasteiger charge is -2.23. The second-order valence-corrected chi connectivity index (χ2v) is 9.56. The standard InChI is InChI=1S/C21H44N4O2S2/c1-15(2)20(26)18(11-7-9-13-22-16(3)4)24-21(27)19(25-29-28)12-8-10-14-23-17(5)6/h15-19,22-23,25,28H,7-14H2,1-6H3,(H,24,27). The van der Waals surface area contributed by atoms with Crippen LogP contribution in [0.4, 0.5) is 0 Å². The fraction of sp³-hybridized carbons (Fsp3) is 0.905. The van der Waals surface area contributed by atoms with Crippen molar-refractivity contribution in [3.8, 4) is 0 Å². The van der Waals surface area contributed by atoms with E-state index in [1.54, 1.807) is 0 Å². The van der Waals surface area contributed by atoms with Crippen LogP contribution in [0.25, 0.3) is 0 Å². The molecule has 2 atom stereocenters. The summed E-state index contributed by atoms with van der Waals surface area (Å²) >= 11 is 4.14. The third kappa shape index (κ3) is 15.2. The number of carbonyl (C=O) groups excluding carboxylic acids is 2. The number of carbonyl (C=O) groups is 2. The van der Waals surface area contributed by atoms with Gasteiger partial charge in [0.2, 0.25) is 5.91 Å². The molecule has 29 heavy (non-hydrogen) atoms. The highest BCUT2D eigenvalue weighted by atomic mass is 33.1. The molecule has 0 rings (SSSR count). The van der Waals surface area contributed by atoms with Crippen LogP contribution in [0.2, 0.25) is 0 Å². The van der Waals surface area contributed by atoms with Gasteiger partial charge in [0.25, 0.3) is 0 Å². The summed E-state index contributed by atoms with van der Waals surface area (Å²) in [4.78, 5) is 25.4. The van der Waals surface area contributed by atoms with Crippen molar-refractivity contribution in [3.05, 3.63) is 0 Å². The van der Waals surface area contributed by atoms with E-state index >= 15 is 0 Å². The molecule has 0 spiro atoms. The van der Waals surface area contributed by atoms with Crippen molar-refractivity contribution in [1.29, 1.82) is 0 Å². The molecule has 0 aliphatic rings. The van der Waals surface area contributed by atoms with Gasteiger partial charge in [0.1, 0.15) is 0 Å². The smallest absolute Gasteiger partial charge is 0.238 e. The topological polar surface area (TPSA) is 82.3 Å². The molecular formula is C21H44N4O2S2. The van der Waals surface area contributed by atoms with Gasteiger partial charge >= 0.3 is 0 Å². The quantitative estimate of drug-likeness (QED) is 0.0956. The first-order valence-corrected chi connectivity index (χ1v) is 12.9. The maximum absolute atomic E-state index is 12.8. The Bertz CT molecular complexity index is 448. The van der Waals surface area contributed by atoms with Crippen LogP contribution >= 0.6 is 22.6 Å². The number of hydrogen-bond acceptors (Lipinski definition) is 7. The zero-order chi connectivity index (χ0) is 22.2. The first-order valence-electron chi connectivity index (χ1n) is 11.1. The Hall–Kier alpha value is -0.280. The number of hydrogen-bond donors (Lipinski definition) is 5. The molecule has 6 nitrogen and oxygen atoms in total. The average Bonchev–Trinajstić information content (AvgIpc) is 2.64. The lowest BCUT2D eigenvalue weighted by Crippen LogP contribution is -2.49. The first kappa shape index (κ1) is 28.7. The van der Waals surface area contributed by atoms with Gasteiger partial charge in [-0.3, -0.25) is 9.59 Å². The molecule has 8 heteroatoms. The van der Waals surface area contributed by atoms with E-state index in [-0.39, 0.29) is 23.7 Å². The summed E-state index contributed by atoms with van der Waals surface area (Å²) in [5.74, 6) is -0.0990. The Morgan fingerprint density at radius 3 is 1.69 bits per heavy atom. The molecule has 4 N–H and O–H groups in total. The van der Waals surface area contributed by atoms with Gasteiger partial charge in [-0.1, -0.05) is 59.6 Å². The minimum Gasteiger partial charge on any atom is -0.345 e. The van der Waals surface area contributed by atoms with Crippen LogP contribution in [0, 0.1) is 5.92 Å². The Kier molecular flexibility index (Phi) is 17.2. The maximum Gasteiger partial charge on any atom is 0.238 e. The maximum atomic E-state index is 12.8. The van der Waals surface area contributed by atoms with Crippen molar-refractivity contribution in [3.63, 3.8) is 0 Å². The lowest BCUT2D eigenvalue weighted by atomic mass is 9.96. The molecule has 1 amide bonds. The van der Waals surface area contributed by atoms with Crippen LogP contribution in [0.15, 0.2) is 0 Å². The zero-order valence-electron chi connectivity index (χ0n) is 19.2. The molecule has 0 heterocycles. The van der Waals surface area contributed by atoms with Crippen molar-refractivity contribution >= 4 is 34.3 Å². The number of rotatable bonds is 18. The van der Waals surface area contributed by atoms with E-state index in [2.05, 4.69) is 60.0 Å². The second-order valence-electron chi connectivity index (χ2n) is 8.59. The highest BCUT2D eigenvalue weighted by Gasteiger charge is 2.26. The van der Waals surface area contributed by atoms with Crippen molar-refractivity contribution in [1.82, 2.24) is 20.7 Å². The largest absolute Gasteiger partial charge is 0.345 e. The first-order chi connectivity index (χ1) is 13.7. The van der Waals surface area contributed by atoms with Crippen molar-refractivity contribution < 1.29 is 9.59 Å². The summed E-state index contributed by atoms with van der Waals surface area (Å²) in [5, 5.41) is 9.79. The second kappa shape index (κ2) is 17.4. The van der Waals surface area contributed by atoms with Crippen LogP contribution in [-0.4, -0.2) is 48.9 Å². The molecule has 172 valence electrons. The van der Waals surface area contributed by atoms with E-state index in [9.17, 15) is 9.59 Å². The number of amides is 1. The summed E-state index contributed by atoms with van der Waals surface area (Å²) in [5.41, 5.74) is 0. The van der Waals surface area contributed by atoms with Gasteiger partial charge in [0.05, 0.1) is 12.1 Å². The Labute approximate surface area is 187 Å². The molecule has 0 aromatic carbocycles. The Morgan fingerprint density at radius 1 is 0.793 bits per heavy atom. The molecule has 2 unspecified atom stereocenters. The van der Waals surface area contributed by atoms with Crippen LogP contribution in [-0.2, 0) is 9.59 Å². The third-order valence-corrected chi connectivity index (χ3v) is 5.39. The van der Waals surface area contributed by atoms with E-state index in [1.807, 2.05) is 13.8 Å². The summed E-state index contributed by atoms with van der Waals surface area (Å²) in [6, 6.07) is 0.169. The van der Waals surface area contributed by atoms with Gasteiger partial charge in [-0.15, -0.1) is 0 Å². The lowest BCUT2D eigenvalue weighted by molar-refractivity contribution is -0.130. The third-order valence-electron chi connectivity index (χ3n) is 4.68. The molecule has 0 saturated carbocycles. The summed E-state index contributed by atoms with van der Waals surface area (Å²) in [6.45, 7) is 14.2. The number of Topliss-reactive ketones (excluding diaryl/α,β-unsaturated/α-hetero) is 1. The predicted octanol–water partition coefficient (Wildman–Crippen LogP) is 3.48. The molecule has 0 aromatic rings. The number of ketones is 1. The van der Waals surface area contributed by atoms with Crippen LogP contribution < -0.4 is 20.7 Å². The van der Waals surface area contributed by atoms with Gasteiger partial charge in [0, 0.05) is 18.0 Å². The van der Waals surface area contributed by atoms with Crippen LogP contribution in [0.5, 0.6) is 0 Å². The number of thiol groups is 1. The highest BCUT2D eigenvalue weighted by molar-refractivity contribution is 8.67. The minimum atomic E-state index is -0.418. The molecule has 0 aromatic heterocycles. The van der Waals surface area contributed by atoms with E-state index in [0.717, 1.165) is 56.2 Å². The summed E-state index contributed by atoms with van der Waals surface area (Å²) in [6.07, 6.45) is 5.25. The van der Waals surface area contributed by atoms with Gasteiger partial charge in [0.15, 0.2) is 5.78 Å². The molecule has 0 bridgehead atoms. The SMILES string of the molecule is CC(C)NCCCCC(NSS)C(=O)NC(CCCCNC(C)C)C(=O)C(C)C. The summed E-state index contributed by atoms with van der Waals surface area (Å²) in [7, 11) is 1.15. The Morgan fingerprint density at radius 2 is 1.28 bits per heavy atom. The normalized spacial score (nSPS) is 13.9. The molecule has 0 saturated heterocycles. The van der Waals surface area contributed by atoms with Crippen molar-refractivity contribution in [2.45, 2.75) is 104 Å². The van der Waals surface area contributed by atoms with E-state index in [1.165, 1.54) is 0 Å². The van der Waals surface area contributed by atoms with Gasteiger partial charge in [-0.2, -0.15) is 0 Å². The molecule has 0 aliphatic carbocycles. The average molecular weight is 449 g/mol. The Balaban J connectivity index is 4.62. The molecule has 0 aliphatic heterocycles. The predicted molar refractivity (Wildman–Crippen MR) is 129 cm³/mol. The van der Waals surface area contributed by atoms with E-state index in [4.69, 9.17) is 0 Å². The minimum absolute atomic E-state index is 0.0955. The van der Waals surface area contributed by atoms with Crippen LogP contribution in [0.1, 0.15) is 80.1 Å². The van der Waals surface area contributed by atoms with Gasteiger partial charge in [-0.25, -0.2) is 4.72 Å². The highest BCUT2D eigenvalue weighted by Crippen LogP contribution is 2.12. The number of unbranched alkanes of at least 4 members (excludes halogenated alkanes) is 2. The fourth-order valence-corrected chi connectivity index (χ4v) is 3.73. The number of nitrogens with one attached hydrogen (secondary N) is 4. The monoisotopic (exact) mass is 448 g/mol. The van der Waals surface area contributed by atoms with E-state index < -0.39 is 6.04 Å². The molecule has 0 fully saturated rings. The zero-order valence-corrected chi connectivity index (χ0v) is 20.9. The van der Waals surface area contributed by atoms with E-state index in [0.29, 0.717) is 18.5 Å². The fourth-order valence-electron chi connectivity index (χ4n) is 3.00. The molecular weight excluding hydrogens is 404 g/mol. The van der Waals surface area contributed by atoms with Crippen LogP contribution in [0.3, 0.4) is 0 Å². The van der Waals surface area contributed by atoms with Crippen molar-refractivity contribution in [2.24, 2.45) is 5.92 Å². The molecule has 0 radical (unpaired) electrons. The van der Waals surface area contributed by atoms with Gasteiger partial charge < -0.3 is 16.0 Å². The van der Waals surface area contributed by atoms with Gasteiger partial charge in [-0.05, 0) is 56.2 Å². The van der Waals surface area contributed by atoms with Crippen molar-refractivity contribution in [2.75, 3.05) is 13.1 Å².